The van der Waals surface area contributed by atoms with Crippen LogP contribution >= 0.6 is 0 Å². The number of hydrogen-bond acceptors (Lipinski definition) is 2. The fourth-order valence-electron chi connectivity index (χ4n) is 2.95. The lowest BCUT2D eigenvalue weighted by atomic mass is 9.95. The molecular formula is C18H26N2O2. The van der Waals surface area contributed by atoms with Gasteiger partial charge in [0, 0.05) is 17.6 Å². The van der Waals surface area contributed by atoms with Crippen LogP contribution in [0.1, 0.15) is 67.6 Å². The van der Waals surface area contributed by atoms with Gasteiger partial charge >= 0.3 is 5.97 Å². The molecule has 22 heavy (non-hydrogen) atoms. The van der Waals surface area contributed by atoms with Gasteiger partial charge in [-0.15, -0.1) is 0 Å². The summed E-state index contributed by atoms with van der Waals surface area (Å²) in [4.78, 5) is 11.5. The van der Waals surface area contributed by atoms with E-state index in [1.165, 1.54) is 11.1 Å². The fourth-order valence-corrected chi connectivity index (χ4v) is 2.95. The van der Waals surface area contributed by atoms with Crippen LogP contribution in [0.25, 0.3) is 10.9 Å². The number of hydrogen-bond donors (Lipinski definition) is 2. The van der Waals surface area contributed by atoms with Gasteiger partial charge in [0.05, 0.1) is 11.1 Å². The SMILES string of the molecule is CC(C)c1cc(C(=O)O)cc2c(CCCN)cn(C(C)C)c12. The number of nitrogens with zero attached hydrogens (tertiary/aromatic N) is 1. The van der Waals surface area contributed by atoms with Crippen LogP contribution in [0.15, 0.2) is 18.3 Å². The average Bonchev–Trinajstić information content (AvgIpc) is 2.82. The van der Waals surface area contributed by atoms with E-state index in [4.69, 9.17) is 5.73 Å². The molecule has 0 aliphatic heterocycles. The summed E-state index contributed by atoms with van der Waals surface area (Å²) in [5.41, 5.74) is 9.47. The van der Waals surface area contributed by atoms with Crippen molar-refractivity contribution in [3.8, 4) is 0 Å². The lowest BCUT2D eigenvalue weighted by Crippen LogP contribution is -2.04. The Morgan fingerprint density at radius 1 is 1.27 bits per heavy atom. The molecule has 0 aliphatic carbocycles. The first kappa shape index (κ1) is 16.6. The Balaban J connectivity index is 2.79. The summed E-state index contributed by atoms with van der Waals surface area (Å²) in [5.74, 6) is -0.595. The third-order valence-electron chi connectivity index (χ3n) is 4.11. The highest BCUT2D eigenvalue weighted by molar-refractivity contribution is 5.97. The number of carbonyl (C=O) groups is 1. The Labute approximate surface area is 131 Å². The van der Waals surface area contributed by atoms with Crippen molar-refractivity contribution in [1.29, 1.82) is 0 Å². The summed E-state index contributed by atoms with van der Waals surface area (Å²) in [6, 6.07) is 3.97. The molecule has 0 aliphatic rings. The monoisotopic (exact) mass is 302 g/mol. The third-order valence-corrected chi connectivity index (χ3v) is 4.11. The molecule has 120 valence electrons. The molecule has 2 rings (SSSR count). The third kappa shape index (κ3) is 3.02. The molecular weight excluding hydrogens is 276 g/mol. The van der Waals surface area contributed by atoms with Crippen LogP contribution in [-0.2, 0) is 6.42 Å². The standard InChI is InChI=1S/C18H26N2O2/c1-11(2)15-8-14(18(21)22)9-16-13(6-5-7-19)10-20(12(3)4)17(15)16/h8-12H,5-7,19H2,1-4H3,(H,21,22). The van der Waals surface area contributed by atoms with E-state index in [0.717, 1.165) is 23.8 Å². The maximum Gasteiger partial charge on any atom is 0.335 e. The van der Waals surface area contributed by atoms with Gasteiger partial charge in [-0.25, -0.2) is 4.79 Å². The largest absolute Gasteiger partial charge is 0.478 e. The molecule has 0 radical (unpaired) electrons. The Kier molecular flexibility index (Phi) is 4.91. The smallest absolute Gasteiger partial charge is 0.335 e. The minimum Gasteiger partial charge on any atom is -0.478 e. The van der Waals surface area contributed by atoms with Crippen molar-refractivity contribution >= 4 is 16.9 Å². The molecule has 0 bridgehead atoms. The number of aromatic nitrogens is 1. The van der Waals surface area contributed by atoms with Crippen LogP contribution < -0.4 is 5.73 Å². The van der Waals surface area contributed by atoms with Gasteiger partial charge in [0.15, 0.2) is 0 Å². The minimum atomic E-state index is -0.870. The zero-order chi connectivity index (χ0) is 16.4. The molecule has 0 unspecified atom stereocenters. The summed E-state index contributed by atoms with van der Waals surface area (Å²) in [7, 11) is 0. The van der Waals surface area contributed by atoms with Crippen LogP contribution in [0.5, 0.6) is 0 Å². The molecule has 0 saturated carbocycles. The van der Waals surface area contributed by atoms with Crippen molar-refractivity contribution in [2.75, 3.05) is 6.54 Å². The first-order chi connectivity index (χ1) is 10.4. The second kappa shape index (κ2) is 6.53. The highest BCUT2D eigenvalue weighted by Crippen LogP contribution is 2.33. The van der Waals surface area contributed by atoms with Crippen molar-refractivity contribution in [3.63, 3.8) is 0 Å². The number of rotatable bonds is 6. The number of aryl methyl sites for hydroxylation is 1. The number of fused-ring (bicyclic) bond motifs is 1. The van der Waals surface area contributed by atoms with Gasteiger partial charge < -0.3 is 15.4 Å². The number of carboxylic acids is 1. The first-order valence-electron chi connectivity index (χ1n) is 7.97. The van der Waals surface area contributed by atoms with Gasteiger partial charge in [0.2, 0.25) is 0 Å². The van der Waals surface area contributed by atoms with Crippen LogP contribution in [-0.4, -0.2) is 22.2 Å². The van der Waals surface area contributed by atoms with Gasteiger partial charge in [0.25, 0.3) is 0 Å². The minimum absolute atomic E-state index is 0.275. The van der Waals surface area contributed by atoms with E-state index in [-0.39, 0.29) is 5.92 Å². The topological polar surface area (TPSA) is 68.2 Å². The van der Waals surface area contributed by atoms with Crippen LogP contribution in [0.3, 0.4) is 0 Å². The van der Waals surface area contributed by atoms with Gasteiger partial charge in [-0.3, -0.25) is 0 Å². The van der Waals surface area contributed by atoms with E-state index in [1.54, 1.807) is 0 Å². The molecule has 1 heterocycles. The van der Waals surface area contributed by atoms with E-state index in [0.29, 0.717) is 18.2 Å². The van der Waals surface area contributed by atoms with Gasteiger partial charge in [-0.2, -0.15) is 0 Å². The highest BCUT2D eigenvalue weighted by atomic mass is 16.4. The zero-order valence-corrected chi connectivity index (χ0v) is 13.9. The normalized spacial score (nSPS) is 11.8. The van der Waals surface area contributed by atoms with E-state index in [2.05, 4.69) is 38.5 Å². The predicted molar refractivity (Wildman–Crippen MR) is 90.7 cm³/mol. The van der Waals surface area contributed by atoms with Crippen molar-refractivity contribution in [2.45, 2.75) is 52.5 Å². The first-order valence-corrected chi connectivity index (χ1v) is 7.97. The Bertz CT molecular complexity index is 684. The van der Waals surface area contributed by atoms with Crippen LogP contribution in [0, 0.1) is 0 Å². The summed E-state index contributed by atoms with van der Waals surface area (Å²) in [5, 5.41) is 10.5. The maximum atomic E-state index is 11.5. The summed E-state index contributed by atoms with van der Waals surface area (Å²) in [6.45, 7) is 9.17. The van der Waals surface area contributed by atoms with E-state index < -0.39 is 5.97 Å². The maximum absolute atomic E-state index is 11.5. The zero-order valence-electron chi connectivity index (χ0n) is 13.9. The van der Waals surface area contributed by atoms with Crippen molar-refractivity contribution in [3.05, 3.63) is 35.0 Å². The molecule has 0 amide bonds. The molecule has 0 fully saturated rings. The van der Waals surface area contributed by atoms with E-state index in [1.807, 2.05) is 12.1 Å². The molecule has 3 N–H and O–H groups in total. The molecule has 4 heteroatoms. The highest BCUT2D eigenvalue weighted by Gasteiger charge is 2.19. The van der Waals surface area contributed by atoms with Crippen molar-refractivity contribution in [1.82, 2.24) is 4.57 Å². The average molecular weight is 302 g/mol. The second-order valence-electron chi connectivity index (χ2n) is 6.47. The Morgan fingerprint density at radius 3 is 2.45 bits per heavy atom. The van der Waals surface area contributed by atoms with Crippen LogP contribution in [0.2, 0.25) is 0 Å². The fraction of sp³-hybridized carbons (Fsp3) is 0.500. The molecule has 4 nitrogen and oxygen atoms in total. The molecule has 1 aromatic carbocycles. The van der Waals surface area contributed by atoms with E-state index >= 15 is 0 Å². The predicted octanol–water partition coefficient (Wildman–Crippen LogP) is 3.94. The summed E-state index contributed by atoms with van der Waals surface area (Å²) < 4.78 is 2.27. The van der Waals surface area contributed by atoms with Crippen LogP contribution in [0.4, 0.5) is 0 Å². The molecule has 2 aromatic rings. The number of carboxylic acid groups (broad SMARTS) is 1. The molecule has 1 aromatic heterocycles. The number of nitrogens with two attached hydrogens (primary N) is 1. The lowest BCUT2D eigenvalue weighted by molar-refractivity contribution is 0.0697. The Hall–Kier alpha value is -1.81. The van der Waals surface area contributed by atoms with E-state index in [9.17, 15) is 9.90 Å². The van der Waals surface area contributed by atoms with Gasteiger partial charge in [-0.05, 0) is 62.4 Å². The van der Waals surface area contributed by atoms with Gasteiger partial charge in [-0.1, -0.05) is 13.8 Å². The lowest BCUT2D eigenvalue weighted by Gasteiger charge is -2.15. The number of aromatic carboxylic acids is 1. The number of benzene rings is 1. The Morgan fingerprint density at radius 2 is 1.95 bits per heavy atom. The summed E-state index contributed by atoms with van der Waals surface area (Å²) in [6.07, 6.45) is 3.96. The molecule has 0 spiro atoms. The van der Waals surface area contributed by atoms with Crippen molar-refractivity contribution in [2.24, 2.45) is 5.73 Å². The second-order valence-corrected chi connectivity index (χ2v) is 6.47. The van der Waals surface area contributed by atoms with Crippen molar-refractivity contribution < 1.29 is 9.90 Å². The summed E-state index contributed by atoms with van der Waals surface area (Å²) >= 11 is 0. The van der Waals surface area contributed by atoms with Gasteiger partial charge in [0.1, 0.15) is 0 Å². The quantitative estimate of drug-likeness (QED) is 0.849. The molecule has 0 atom stereocenters. The molecule has 0 saturated heterocycles.